The Bertz CT molecular complexity index is 634. The SMILES string of the molecule is Cc1cc(-c2nc(N)cc(C3CCCC3)n2)ccc1F. The van der Waals surface area contributed by atoms with E-state index in [0.717, 1.165) is 11.3 Å². The summed E-state index contributed by atoms with van der Waals surface area (Å²) in [6.07, 6.45) is 4.83. The molecule has 4 heteroatoms. The second-order valence-corrected chi connectivity index (χ2v) is 5.49. The predicted molar refractivity (Wildman–Crippen MR) is 77.8 cm³/mol. The van der Waals surface area contributed by atoms with E-state index in [9.17, 15) is 4.39 Å². The van der Waals surface area contributed by atoms with Crippen molar-refractivity contribution in [3.8, 4) is 11.4 Å². The molecule has 1 aliphatic rings. The Morgan fingerprint density at radius 2 is 1.90 bits per heavy atom. The van der Waals surface area contributed by atoms with E-state index >= 15 is 0 Å². The number of nitrogens with zero attached hydrogens (tertiary/aromatic N) is 2. The molecular weight excluding hydrogens is 253 g/mol. The van der Waals surface area contributed by atoms with Crippen LogP contribution in [0, 0.1) is 12.7 Å². The van der Waals surface area contributed by atoms with Gasteiger partial charge in [0.1, 0.15) is 11.6 Å². The fourth-order valence-corrected chi connectivity index (χ4v) is 2.83. The normalized spacial score (nSPS) is 15.7. The molecule has 0 aliphatic heterocycles. The first-order valence-corrected chi connectivity index (χ1v) is 7.04. The molecule has 1 fully saturated rings. The van der Waals surface area contributed by atoms with E-state index in [-0.39, 0.29) is 5.82 Å². The highest BCUT2D eigenvalue weighted by Gasteiger charge is 2.20. The first-order valence-electron chi connectivity index (χ1n) is 7.04. The van der Waals surface area contributed by atoms with Crippen LogP contribution in [-0.4, -0.2) is 9.97 Å². The van der Waals surface area contributed by atoms with Crippen LogP contribution in [0.15, 0.2) is 24.3 Å². The van der Waals surface area contributed by atoms with Gasteiger partial charge in [-0.1, -0.05) is 12.8 Å². The third kappa shape index (κ3) is 2.50. The van der Waals surface area contributed by atoms with Crippen LogP contribution >= 0.6 is 0 Å². The van der Waals surface area contributed by atoms with Gasteiger partial charge in [0.05, 0.1) is 0 Å². The van der Waals surface area contributed by atoms with Crippen molar-refractivity contribution in [1.29, 1.82) is 0 Å². The molecule has 0 saturated heterocycles. The molecule has 0 bridgehead atoms. The average molecular weight is 271 g/mol. The van der Waals surface area contributed by atoms with Gasteiger partial charge >= 0.3 is 0 Å². The molecule has 2 aromatic rings. The molecule has 0 spiro atoms. The summed E-state index contributed by atoms with van der Waals surface area (Å²) in [5.41, 5.74) is 8.34. The highest BCUT2D eigenvalue weighted by Crippen LogP contribution is 2.34. The molecule has 3 rings (SSSR count). The lowest BCUT2D eigenvalue weighted by atomic mass is 10.0. The Kier molecular flexibility index (Phi) is 3.38. The fourth-order valence-electron chi connectivity index (χ4n) is 2.83. The number of nitrogen functional groups attached to an aromatic ring is 1. The van der Waals surface area contributed by atoms with E-state index in [1.54, 1.807) is 19.1 Å². The molecule has 0 atom stereocenters. The molecule has 1 heterocycles. The zero-order valence-electron chi connectivity index (χ0n) is 11.6. The van der Waals surface area contributed by atoms with Gasteiger partial charge in [-0.2, -0.15) is 0 Å². The van der Waals surface area contributed by atoms with Crippen LogP contribution in [0.1, 0.15) is 42.9 Å². The summed E-state index contributed by atoms with van der Waals surface area (Å²) in [4.78, 5) is 8.93. The maximum Gasteiger partial charge on any atom is 0.161 e. The monoisotopic (exact) mass is 271 g/mol. The van der Waals surface area contributed by atoms with Crippen LogP contribution < -0.4 is 5.73 Å². The number of aromatic nitrogens is 2. The van der Waals surface area contributed by atoms with E-state index in [4.69, 9.17) is 5.73 Å². The highest BCUT2D eigenvalue weighted by molar-refractivity contribution is 5.58. The minimum atomic E-state index is -0.214. The van der Waals surface area contributed by atoms with Crippen molar-refractivity contribution in [2.45, 2.75) is 38.5 Å². The van der Waals surface area contributed by atoms with Gasteiger partial charge in [0.15, 0.2) is 5.82 Å². The van der Waals surface area contributed by atoms with E-state index in [0.29, 0.717) is 23.1 Å². The van der Waals surface area contributed by atoms with E-state index in [1.807, 2.05) is 6.07 Å². The number of nitrogens with two attached hydrogens (primary N) is 1. The summed E-state index contributed by atoms with van der Waals surface area (Å²) in [5.74, 6) is 1.35. The summed E-state index contributed by atoms with van der Waals surface area (Å²) in [5, 5.41) is 0. The molecule has 20 heavy (non-hydrogen) atoms. The van der Waals surface area contributed by atoms with Gasteiger partial charge in [-0.05, 0) is 43.5 Å². The first kappa shape index (κ1) is 13.0. The van der Waals surface area contributed by atoms with Crippen molar-refractivity contribution in [3.63, 3.8) is 0 Å². The molecule has 1 aromatic heterocycles. The first-order chi connectivity index (χ1) is 9.63. The van der Waals surface area contributed by atoms with Crippen molar-refractivity contribution in [1.82, 2.24) is 9.97 Å². The maximum atomic E-state index is 13.4. The smallest absolute Gasteiger partial charge is 0.161 e. The van der Waals surface area contributed by atoms with Gasteiger partial charge in [-0.25, -0.2) is 14.4 Å². The summed E-state index contributed by atoms with van der Waals surface area (Å²) < 4.78 is 13.4. The minimum absolute atomic E-state index is 0.214. The second kappa shape index (κ2) is 5.19. The van der Waals surface area contributed by atoms with Crippen molar-refractivity contribution in [3.05, 3.63) is 41.3 Å². The molecule has 0 amide bonds. The van der Waals surface area contributed by atoms with Crippen molar-refractivity contribution in [2.75, 3.05) is 5.73 Å². The molecule has 1 aromatic carbocycles. The predicted octanol–water partition coefficient (Wildman–Crippen LogP) is 3.83. The molecular formula is C16H18FN3. The van der Waals surface area contributed by atoms with E-state index < -0.39 is 0 Å². The summed E-state index contributed by atoms with van der Waals surface area (Å²) in [6.45, 7) is 1.74. The number of hydrogen-bond acceptors (Lipinski definition) is 3. The summed E-state index contributed by atoms with van der Waals surface area (Å²) in [6, 6.07) is 6.79. The average Bonchev–Trinajstić information content (AvgIpc) is 2.95. The van der Waals surface area contributed by atoms with Crippen LogP contribution in [0.4, 0.5) is 10.2 Å². The number of benzene rings is 1. The zero-order valence-corrected chi connectivity index (χ0v) is 11.6. The van der Waals surface area contributed by atoms with Gasteiger partial charge in [0.25, 0.3) is 0 Å². The lowest BCUT2D eigenvalue weighted by Crippen LogP contribution is -2.03. The minimum Gasteiger partial charge on any atom is -0.384 e. The van der Waals surface area contributed by atoms with Gasteiger partial charge in [0.2, 0.25) is 0 Å². The molecule has 1 aliphatic carbocycles. The van der Waals surface area contributed by atoms with Crippen LogP contribution in [0.25, 0.3) is 11.4 Å². The Hall–Kier alpha value is -1.97. The fraction of sp³-hybridized carbons (Fsp3) is 0.375. The third-order valence-electron chi connectivity index (χ3n) is 3.96. The lowest BCUT2D eigenvalue weighted by molar-refractivity contribution is 0.618. The van der Waals surface area contributed by atoms with Gasteiger partial charge < -0.3 is 5.73 Å². The Balaban J connectivity index is 2.02. The summed E-state index contributed by atoms with van der Waals surface area (Å²) >= 11 is 0. The molecule has 1 saturated carbocycles. The van der Waals surface area contributed by atoms with Crippen LogP contribution in [0.3, 0.4) is 0 Å². The number of aryl methyl sites for hydroxylation is 1. The van der Waals surface area contributed by atoms with Crippen LogP contribution in [-0.2, 0) is 0 Å². The lowest BCUT2D eigenvalue weighted by Gasteiger charge is -2.11. The molecule has 2 N–H and O–H groups in total. The largest absolute Gasteiger partial charge is 0.384 e. The van der Waals surface area contributed by atoms with Gasteiger partial charge in [-0.3, -0.25) is 0 Å². The van der Waals surface area contributed by atoms with Crippen molar-refractivity contribution < 1.29 is 4.39 Å². The quantitative estimate of drug-likeness (QED) is 0.903. The number of halogens is 1. The van der Waals surface area contributed by atoms with Gasteiger partial charge in [0, 0.05) is 23.2 Å². The maximum absolute atomic E-state index is 13.4. The van der Waals surface area contributed by atoms with Gasteiger partial charge in [-0.15, -0.1) is 0 Å². The number of rotatable bonds is 2. The Morgan fingerprint density at radius 1 is 1.15 bits per heavy atom. The Morgan fingerprint density at radius 3 is 2.60 bits per heavy atom. The van der Waals surface area contributed by atoms with Crippen molar-refractivity contribution >= 4 is 5.82 Å². The van der Waals surface area contributed by atoms with E-state index in [2.05, 4.69) is 9.97 Å². The second-order valence-electron chi connectivity index (χ2n) is 5.49. The molecule has 3 nitrogen and oxygen atoms in total. The summed E-state index contributed by atoms with van der Waals surface area (Å²) in [7, 11) is 0. The van der Waals surface area contributed by atoms with E-state index in [1.165, 1.54) is 31.7 Å². The zero-order chi connectivity index (χ0) is 14.1. The van der Waals surface area contributed by atoms with Crippen molar-refractivity contribution in [2.24, 2.45) is 0 Å². The topological polar surface area (TPSA) is 51.8 Å². The van der Waals surface area contributed by atoms with Crippen LogP contribution in [0.2, 0.25) is 0 Å². The molecule has 104 valence electrons. The standard InChI is InChI=1S/C16H18FN3/c1-10-8-12(6-7-13(10)17)16-19-14(9-15(18)20-16)11-4-2-3-5-11/h6-9,11H,2-5H2,1H3,(H2,18,19,20). The highest BCUT2D eigenvalue weighted by atomic mass is 19.1. The number of anilines is 1. The molecule has 0 radical (unpaired) electrons. The molecule has 0 unspecified atom stereocenters. The Labute approximate surface area is 118 Å². The third-order valence-corrected chi connectivity index (χ3v) is 3.96. The van der Waals surface area contributed by atoms with Crippen LogP contribution in [0.5, 0.6) is 0 Å². The number of hydrogen-bond donors (Lipinski definition) is 1.